The Labute approximate surface area is 142 Å². The third-order valence-electron chi connectivity index (χ3n) is 3.71. The molecule has 2 rings (SSSR count). The first-order valence-corrected chi connectivity index (χ1v) is 7.88. The lowest BCUT2D eigenvalue weighted by Gasteiger charge is -2.19. The number of anilines is 2. The van der Waals surface area contributed by atoms with Gasteiger partial charge in [-0.3, -0.25) is 9.59 Å². The molecule has 3 N–H and O–H groups in total. The Kier molecular flexibility index (Phi) is 5.58. The van der Waals surface area contributed by atoms with Gasteiger partial charge in [0.05, 0.1) is 11.4 Å². The number of nitrogens with two attached hydrogens (primary N) is 1. The maximum Gasteiger partial charge on any atom is 0.255 e. The first kappa shape index (κ1) is 17.5. The van der Waals surface area contributed by atoms with Crippen molar-refractivity contribution in [1.82, 2.24) is 4.90 Å². The van der Waals surface area contributed by atoms with E-state index in [-0.39, 0.29) is 17.7 Å². The molecule has 0 radical (unpaired) electrons. The van der Waals surface area contributed by atoms with Crippen LogP contribution in [-0.4, -0.2) is 23.8 Å². The Morgan fingerprint density at radius 2 is 1.71 bits per heavy atom. The predicted octanol–water partition coefficient (Wildman–Crippen LogP) is 3.14. The molecule has 126 valence electrons. The zero-order chi connectivity index (χ0) is 17.7. The van der Waals surface area contributed by atoms with Gasteiger partial charge >= 0.3 is 0 Å². The highest BCUT2D eigenvalue weighted by molar-refractivity contribution is 6.05. The zero-order valence-electron chi connectivity index (χ0n) is 14.2. The lowest BCUT2D eigenvalue weighted by atomic mass is 10.1. The van der Waals surface area contributed by atoms with Crippen molar-refractivity contribution in [3.05, 3.63) is 59.7 Å². The Balaban J connectivity index is 2.02. The molecule has 0 saturated carbocycles. The summed E-state index contributed by atoms with van der Waals surface area (Å²) in [6.45, 7) is 4.27. The molecule has 0 atom stereocenters. The van der Waals surface area contributed by atoms with E-state index in [1.165, 1.54) is 0 Å². The summed E-state index contributed by atoms with van der Waals surface area (Å²) < 4.78 is 0. The molecule has 5 heteroatoms. The molecule has 0 spiro atoms. The maximum atomic E-state index is 12.3. The fourth-order valence-corrected chi connectivity index (χ4v) is 2.36. The van der Waals surface area contributed by atoms with Gasteiger partial charge in [0.2, 0.25) is 5.91 Å². The van der Waals surface area contributed by atoms with Gasteiger partial charge in [-0.05, 0) is 29.8 Å². The molecule has 0 aliphatic carbocycles. The SMILES string of the molecule is CC(C)C(=O)N(C)Cc1ccc(C(=O)Nc2ccccc2N)cc1. The van der Waals surface area contributed by atoms with E-state index in [2.05, 4.69) is 5.32 Å². The number of hydrogen-bond donors (Lipinski definition) is 2. The predicted molar refractivity (Wildman–Crippen MR) is 96.6 cm³/mol. The van der Waals surface area contributed by atoms with Crippen LogP contribution in [0.5, 0.6) is 0 Å². The molecule has 0 bridgehead atoms. The van der Waals surface area contributed by atoms with Crippen molar-refractivity contribution in [2.75, 3.05) is 18.1 Å². The number of rotatable bonds is 5. The summed E-state index contributed by atoms with van der Waals surface area (Å²) in [6, 6.07) is 14.3. The number of benzene rings is 2. The molecule has 0 aromatic heterocycles. The number of para-hydroxylation sites is 2. The standard InChI is InChI=1S/C19H23N3O2/c1-13(2)19(24)22(3)12-14-8-10-15(11-9-14)18(23)21-17-7-5-4-6-16(17)20/h4-11,13H,12,20H2,1-3H3,(H,21,23). The number of nitrogens with zero attached hydrogens (tertiary/aromatic N) is 1. The number of carbonyl (C=O) groups excluding carboxylic acids is 2. The third-order valence-corrected chi connectivity index (χ3v) is 3.71. The Morgan fingerprint density at radius 1 is 1.08 bits per heavy atom. The van der Waals surface area contributed by atoms with Gasteiger partial charge < -0.3 is 16.0 Å². The molecule has 5 nitrogen and oxygen atoms in total. The summed E-state index contributed by atoms with van der Waals surface area (Å²) in [5.41, 5.74) is 8.46. The molecule has 0 heterocycles. The second-order valence-electron chi connectivity index (χ2n) is 6.09. The van der Waals surface area contributed by atoms with Crippen molar-refractivity contribution in [3.63, 3.8) is 0 Å². The van der Waals surface area contributed by atoms with Gasteiger partial charge in [0, 0.05) is 25.1 Å². The summed E-state index contributed by atoms with van der Waals surface area (Å²) in [6.07, 6.45) is 0. The minimum absolute atomic E-state index is 0.0311. The third kappa shape index (κ3) is 4.35. The lowest BCUT2D eigenvalue weighted by molar-refractivity contribution is -0.133. The van der Waals surface area contributed by atoms with E-state index in [1.54, 1.807) is 36.2 Å². The molecule has 0 saturated heterocycles. The Bertz CT molecular complexity index is 724. The van der Waals surface area contributed by atoms with Crippen LogP contribution in [0.15, 0.2) is 48.5 Å². The van der Waals surface area contributed by atoms with Gasteiger partial charge in [0.15, 0.2) is 0 Å². The minimum Gasteiger partial charge on any atom is -0.397 e. The van der Waals surface area contributed by atoms with Crippen LogP contribution in [-0.2, 0) is 11.3 Å². The normalized spacial score (nSPS) is 10.5. The molecule has 0 aliphatic heterocycles. The van der Waals surface area contributed by atoms with E-state index in [0.29, 0.717) is 23.5 Å². The van der Waals surface area contributed by atoms with Crippen LogP contribution in [0.1, 0.15) is 29.8 Å². The van der Waals surface area contributed by atoms with Gasteiger partial charge in [-0.15, -0.1) is 0 Å². The summed E-state index contributed by atoms with van der Waals surface area (Å²) in [4.78, 5) is 25.9. The van der Waals surface area contributed by atoms with Gasteiger partial charge in [-0.25, -0.2) is 0 Å². The fraction of sp³-hybridized carbons (Fsp3) is 0.263. The van der Waals surface area contributed by atoms with Crippen LogP contribution >= 0.6 is 0 Å². The molecule has 0 unspecified atom stereocenters. The number of carbonyl (C=O) groups is 2. The average Bonchev–Trinajstić information content (AvgIpc) is 2.56. The van der Waals surface area contributed by atoms with Crippen LogP contribution < -0.4 is 11.1 Å². The van der Waals surface area contributed by atoms with Crippen molar-refractivity contribution < 1.29 is 9.59 Å². The highest BCUT2D eigenvalue weighted by atomic mass is 16.2. The van der Waals surface area contributed by atoms with E-state index in [9.17, 15) is 9.59 Å². The highest BCUT2D eigenvalue weighted by Crippen LogP contribution is 2.18. The zero-order valence-corrected chi connectivity index (χ0v) is 14.2. The molecular formula is C19H23N3O2. The van der Waals surface area contributed by atoms with Crippen LogP contribution in [0, 0.1) is 5.92 Å². The van der Waals surface area contributed by atoms with E-state index >= 15 is 0 Å². The Hall–Kier alpha value is -2.82. The molecule has 2 amide bonds. The van der Waals surface area contributed by atoms with Crippen molar-refractivity contribution in [1.29, 1.82) is 0 Å². The lowest BCUT2D eigenvalue weighted by Crippen LogP contribution is -2.29. The maximum absolute atomic E-state index is 12.3. The van der Waals surface area contributed by atoms with E-state index in [0.717, 1.165) is 5.56 Å². The molecule has 0 fully saturated rings. The second-order valence-corrected chi connectivity index (χ2v) is 6.09. The van der Waals surface area contributed by atoms with E-state index < -0.39 is 0 Å². The van der Waals surface area contributed by atoms with E-state index in [4.69, 9.17) is 5.73 Å². The fourth-order valence-electron chi connectivity index (χ4n) is 2.36. The van der Waals surface area contributed by atoms with Crippen molar-refractivity contribution >= 4 is 23.2 Å². The van der Waals surface area contributed by atoms with Crippen LogP contribution in [0.3, 0.4) is 0 Å². The van der Waals surface area contributed by atoms with E-state index in [1.807, 2.05) is 38.1 Å². The first-order chi connectivity index (χ1) is 11.4. The van der Waals surface area contributed by atoms with Crippen molar-refractivity contribution in [2.45, 2.75) is 20.4 Å². The molecule has 2 aromatic carbocycles. The highest BCUT2D eigenvalue weighted by Gasteiger charge is 2.13. The second kappa shape index (κ2) is 7.64. The molecule has 0 aliphatic rings. The minimum atomic E-state index is -0.217. The van der Waals surface area contributed by atoms with Gasteiger partial charge in [-0.2, -0.15) is 0 Å². The number of hydrogen-bond acceptors (Lipinski definition) is 3. The van der Waals surface area contributed by atoms with Gasteiger partial charge in [0.25, 0.3) is 5.91 Å². The summed E-state index contributed by atoms with van der Waals surface area (Å²) >= 11 is 0. The molecular weight excluding hydrogens is 302 g/mol. The topological polar surface area (TPSA) is 75.4 Å². The first-order valence-electron chi connectivity index (χ1n) is 7.88. The largest absolute Gasteiger partial charge is 0.397 e. The van der Waals surface area contributed by atoms with Crippen LogP contribution in [0.2, 0.25) is 0 Å². The van der Waals surface area contributed by atoms with Crippen molar-refractivity contribution in [2.24, 2.45) is 5.92 Å². The average molecular weight is 325 g/mol. The molecule has 24 heavy (non-hydrogen) atoms. The number of nitrogen functional groups attached to an aromatic ring is 1. The van der Waals surface area contributed by atoms with Crippen LogP contribution in [0.25, 0.3) is 0 Å². The van der Waals surface area contributed by atoms with Crippen molar-refractivity contribution in [3.8, 4) is 0 Å². The summed E-state index contributed by atoms with van der Waals surface area (Å²) in [5.74, 6) is -0.154. The quantitative estimate of drug-likeness (QED) is 0.829. The Morgan fingerprint density at radius 3 is 2.29 bits per heavy atom. The summed E-state index contributed by atoms with van der Waals surface area (Å²) in [7, 11) is 1.78. The number of nitrogens with one attached hydrogen (secondary N) is 1. The monoisotopic (exact) mass is 325 g/mol. The number of amides is 2. The smallest absolute Gasteiger partial charge is 0.255 e. The molecule has 2 aromatic rings. The summed E-state index contributed by atoms with van der Waals surface area (Å²) in [5, 5.41) is 2.79. The van der Waals surface area contributed by atoms with Gasteiger partial charge in [0.1, 0.15) is 0 Å². The van der Waals surface area contributed by atoms with Crippen LogP contribution in [0.4, 0.5) is 11.4 Å². The van der Waals surface area contributed by atoms with Gasteiger partial charge in [-0.1, -0.05) is 38.1 Å².